The van der Waals surface area contributed by atoms with E-state index in [1.54, 1.807) is 11.3 Å². The number of nitrogens with zero attached hydrogens (tertiary/aromatic N) is 1. The standard InChI is InChI=1S/C8H13NS/c1-3-4-7(2)8-5-10-6-9-8/h5-7H,3-4H2,1-2H3. The van der Waals surface area contributed by atoms with Gasteiger partial charge < -0.3 is 0 Å². The summed E-state index contributed by atoms with van der Waals surface area (Å²) < 4.78 is 0. The second kappa shape index (κ2) is 3.71. The minimum atomic E-state index is 0.649. The second-order valence-corrected chi connectivity index (χ2v) is 3.32. The Labute approximate surface area is 66.1 Å². The second-order valence-electron chi connectivity index (χ2n) is 2.60. The molecule has 1 rings (SSSR count). The van der Waals surface area contributed by atoms with Crippen molar-refractivity contribution in [3.63, 3.8) is 0 Å². The van der Waals surface area contributed by atoms with Crippen LogP contribution in [0.2, 0.25) is 0 Å². The van der Waals surface area contributed by atoms with Crippen LogP contribution in [0.1, 0.15) is 38.3 Å². The van der Waals surface area contributed by atoms with Gasteiger partial charge in [-0.1, -0.05) is 20.3 Å². The Morgan fingerprint density at radius 1 is 1.70 bits per heavy atom. The van der Waals surface area contributed by atoms with Crippen LogP contribution >= 0.6 is 11.3 Å². The number of hydrogen-bond donors (Lipinski definition) is 0. The Morgan fingerprint density at radius 3 is 3.00 bits per heavy atom. The quantitative estimate of drug-likeness (QED) is 0.653. The van der Waals surface area contributed by atoms with E-state index < -0.39 is 0 Å². The maximum absolute atomic E-state index is 4.25. The van der Waals surface area contributed by atoms with Crippen molar-refractivity contribution >= 4 is 11.3 Å². The molecule has 1 nitrogen and oxygen atoms in total. The summed E-state index contributed by atoms with van der Waals surface area (Å²) in [4.78, 5) is 4.25. The van der Waals surface area contributed by atoms with Crippen LogP contribution in [-0.4, -0.2) is 4.98 Å². The van der Waals surface area contributed by atoms with E-state index in [0.717, 1.165) is 0 Å². The molecule has 0 radical (unpaired) electrons. The molecule has 1 aromatic rings. The summed E-state index contributed by atoms with van der Waals surface area (Å²) >= 11 is 1.68. The van der Waals surface area contributed by atoms with Crippen LogP contribution in [0.4, 0.5) is 0 Å². The molecule has 0 saturated carbocycles. The predicted octanol–water partition coefficient (Wildman–Crippen LogP) is 3.05. The maximum Gasteiger partial charge on any atom is 0.0794 e. The smallest absolute Gasteiger partial charge is 0.0794 e. The summed E-state index contributed by atoms with van der Waals surface area (Å²) in [5.41, 5.74) is 3.16. The van der Waals surface area contributed by atoms with Gasteiger partial charge in [0.1, 0.15) is 0 Å². The first kappa shape index (κ1) is 7.73. The number of thiazole rings is 1. The van der Waals surface area contributed by atoms with E-state index in [1.807, 2.05) is 5.51 Å². The highest BCUT2D eigenvalue weighted by atomic mass is 32.1. The Bertz CT molecular complexity index is 169. The number of rotatable bonds is 3. The molecule has 0 aliphatic rings. The predicted molar refractivity (Wildman–Crippen MR) is 45.4 cm³/mol. The van der Waals surface area contributed by atoms with Gasteiger partial charge in [0.2, 0.25) is 0 Å². The maximum atomic E-state index is 4.25. The van der Waals surface area contributed by atoms with E-state index >= 15 is 0 Å². The van der Waals surface area contributed by atoms with Gasteiger partial charge in [-0.05, 0) is 12.3 Å². The molecule has 2 heteroatoms. The molecule has 0 saturated heterocycles. The van der Waals surface area contributed by atoms with Gasteiger partial charge in [-0.2, -0.15) is 0 Å². The van der Waals surface area contributed by atoms with Crippen molar-refractivity contribution in [2.24, 2.45) is 0 Å². The van der Waals surface area contributed by atoms with E-state index in [2.05, 4.69) is 24.2 Å². The van der Waals surface area contributed by atoms with Crippen LogP contribution in [0.5, 0.6) is 0 Å². The van der Waals surface area contributed by atoms with Crippen molar-refractivity contribution in [3.8, 4) is 0 Å². The molecule has 10 heavy (non-hydrogen) atoms. The number of hydrogen-bond acceptors (Lipinski definition) is 2. The van der Waals surface area contributed by atoms with E-state index in [0.29, 0.717) is 5.92 Å². The van der Waals surface area contributed by atoms with E-state index in [-0.39, 0.29) is 0 Å². The lowest BCUT2D eigenvalue weighted by Crippen LogP contribution is -1.91. The Morgan fingerprint density at radius 2 is 2.50 bits per heavy atom. The Balaban J connectivity index is 2.50. The minimum Gasteiger partial charge on any atom is -0.249 e. The van der Waals surface area contributed by atoms with Crippen molar-refractivity contribution in [3.05, 3.63) is 16.6 Å². The largest absolute Gasteiger partial charge is 0.249 e. The fraction of sp³-hybridized carbons (Fsp3) is 0.625. The third-order valence-corrected chi connectivity index (χ3v) is 2.28. The summed E-state index contributed by atoms with van der Waals surface area (Å²) in [5, 5.41) is 2.14. The van der Waals surface area contributed by atoms with E-state index in [4.69, 9.17) is 0 Å². The highest BCUT2D eigenvalue weighted by Crippen LogP contribution is 2.19. The first-order chi connectivity index (χ1) is 4.84. The van der Waals surface area contributed by atoms with Crippen LogP contribution in [0.15, 0.2) is 10.9 Å². The lowest BCUT2D eigenvalue weighted by atomic mass is 10.0. The molecule has 1 atom stereocenters. The molecule has 1 unspecified atom stereocenters. The van der Waals surface area contributed by atoms with Crippen LogP contribution in [0, 0.1) is 0 Å². The average Bonchev–Trinajstić information content (AvgIpc) is 2.38. The van der Waals surface area contributed by atoms with Gasteiger partial charge in [0.25, 0.3) is 0 Å². The summed E-state index contributed by atoms with van der Waals surface area (Å²) in [6.07, 6.45) is 2.50. The molecule has 0 spiro atoms. The fourth-order valence-electron chi connectivity index (χ4n) is 1.05. The SMILES string of the molecule is CCCC(C)c1cscn1. The van der Waals surface area contributed by atoms with Crippen LogP contribution in [0.3, 0.4) is 0 Å². The first-order valence-corrected chi connectivity index (χ1v) is 4.67. The van der Waals surface area contributed by atoms with E-state index in [9.17, 15) is 0 Å². The molecule has 0 aromatic carbocycles. The summed E-state index contributed by atoms with van der Waals surface area (Å²) in [6, 6.07) is 0. The van der Waals surface area contributed by atoms with Crippen molar-refractivity contribution in [2.75, 3.05) is 0 Å². The first-order valence-electron chi connectivity index (χ1n) is 3.72. The number of aromatic nitrogens is 1. The van der Waals surface area contributed by atoms with Crippen LogP contribution in [-0.2, 0) is 0 Å². The van der Waals surface area contributed by atoms with Crippen LogP contribution < -0.4 is 0 Å². The molecule has 0 aliphatic carbocycles. The van der Waals surface area contributed by atoms with Crippen molar-refractivity contribution in [1.29, 1.82) is 0 Å². The molecular weight excluding hydrogens is 142 g/mol. The third-order valence-electron chi connectivity index (χ3n) is 1.68. The van der Waals surface area contributed by atoms with Gasteiger partial charge in [0.05, 0.1) is 11.2 Å². The highest BCUT2D eigenvalue weighted by Gasteiger charge is 2.04. The van der Waals surface area contributed by atoms with Gasteiger partial charge >= 0.3 is 0 Å². The molecule has 0 amide bonds. The normalized spacial score (nSPS) is 13.4. The average molecular weight is 155 g/mol. The molecule has 0 aliphatic heterocycles. The summed E-state index contributed by atoms with van der Waals surface area (Å²) in [6.45, 7) is 4.45. The van der Waals surface area contributed by atoms with Gasteiger partial charge in [-0.3, -0.25) is 0 Å². The van der Waals surface area contributed by atoms with Gasteiger partial charge in [-0.15, -0.1) is 11.3 Å². The summed E-state index contributed by atoms with van der Waals surface area (Å²) in [5.74, 6) is 0.649. The van der Waals surface area contributed by atoms with Crippen molar-refractivity contribution in [2.45, 2.75) is 32.6 Å². The third kappa shape index (κ3) is 1.81. The molecule has 56 valence electrons. The van der Waals surface area contributed by atoms with Gasteiger partial charge in [-0.25, -0.2) is 4.98 Å². The molecule has 0 bridgehead atoms. The monoisotopic (exact) mass is 155 g/mol. The lowest BCUT2D eigenvalue weighted by Gasteiger charge is -2.04. The molecule has 0 N–H and O–H groups in total. The van der Waals surface area contributed by atoms with Gasteiger partial charge in [0.15, 0.2) is 0 Å². The topological polar surface area (TPSA) is 12.9 Å². The summed E-state index contributed by atoms with van der Waals surface area (Å²) in [7, 11) is 0. The zero-order valence-corrected chi connectivity index (χ0v) is 7.32. The molecular formula is C8H13NS. The van der Waals surface area contributed by atoms with Gasteiger partial charge in [0, 0.05) is 5.38 Å². The van der Waals surface area contributed by atoms with E-state index in [1.165, 1.54) is 18.5 Å². The van der Waals surface area contributed by atoms with Crippen LogP contribution in [0.25, 0.3) is 0 Å². The molecule has 1 aromatic heterocycles. The minimum absolute atomic E-state index is 0.649. The zero-order valence-electron chi connectivity index (χ0n) is 6.50. The van der Waals surface area contributed by atoms with Crippen molar-refractivity contribution in [1.82, 2.24) is 4.98 Å². The Kier molecular flexibility index (Phi) is 2.87. The lowest BCUT2D eigenvalue weighted by molar-refractivity contribution is 0.651. The molecule has 1 heterocycles. The fourth-order valence-corrected chi connectivity index (χ4v) is 1.72. The van der Waals surface area contributed by atoms with Crippen molar-refractivity contribution < 1.29 is 0 Å². The Hall–Kier alpha value is -0.370. The highest BCUT2D eigenvalue weighted by molar-refractivity contribution is 7.07. The zero-order chi connectivity index (χ0) is 7.40. The molecule has 0 fully saturated rings.